The van der Waals surface area contributed by atoms with Crippen LogP contribution in [-0.2, 0) is 4.79 Å². The Kier molecular flexibility index (Phi) is 3.36. The Balaban J connectivity index is 2.57. The lowest BCUT2D eigenvalue weighted by Gasteiger charge is -2.32. The zero-order valence-corrected chi connectivity index (χ0v) is 7.68. The highest BCUT2D eigenvalue weighted by atomic mass is 19.4. The molecule has 1 heterocycles. The minimum Gasteiger partial charge on any atom is -0.333 e. The molecule has 1 rings (SSSR count). The molecule has 1 atom stereocenters. The van der Waals surface area contributed by atoms with Crippen LogP contribution in [0, 0.1) is 5.92 Å². The van der Waals surface area contributed by atoms with E-state index in [9.17, 15) is 18.0 Å². The molecule has 1 fully saturated rings. The van der Waals surface area contributed by atoms with Crippen molar-refractivity contribution in [1.82, 2.24) is 4.90 Å². The standard InChI is InChI=1S/C8H13F3N2O/c9-8(10,11)5-13-3-1-2-6(4-12)7(13)14/h6H,1-5,12H2/t6-/m0/s1. The predicted octanol–water partition coefficient (Wildman–Crippen LogP) is 0.746. The molecular weight excluding hydrogens is 197 g/mol. The Morgan fingerprint density at radius 2 is 2.14 bits per heavy atom. The van der Waals surface area contributed by atoms with Crippen molar-refractivity contribution in [3.05, 3.63) is 0 Å². The SMILES string of the molecule is NC[C@@H]1CCCN(CC(F)(F)F)C1=O. The number of amides is 1. The first-order valence-corrected chi connectivity index (χ1v) is 4.49. The van der Waals surface area contributed by atoms with Gasteiger partial charge in [0.15, 0.2) is 0 Å². The Hall–Kier alpha value is -0.780. The molecule has 2 N–H and O–H groups in total. The third-order valence-corrected chi connectivity index (χ3v) is 2.30. The number of alkyl halides is 3. The third kappa shape index (κ3) is 2.87. The summed E-state index contributed by atoms with van der Waals surface area (Å²) in [6.07, 6.45) is -3.11. The van der Waals surface area contributed by atoms with Crippen molar-refractivity contribution in [2.24, 2.45) is 11.7 Å². The fourth-order valence-corrected chi connectivity index (χ4v) is 1.61. The van der Waals surface area contributed by atoms with E-state index in [0.29, 0.717) is 12.8 Å². The summed E-state index contributed by atoms with van der Waals surface area (Å²) in [5.74, 6) is -0.887. The minimum atomic E-state index is -4.31. The van der Waals surface area contributed by atoms with E-state index in [0.717, 1.165) is 4.90 Å². The molecule has 0 saturated carbocycles. The molecule has 0 spiro atoms. The summed E-state index contributed by atoms with van der Waals surface area (Å²) in [4.78, 5) is 12.2. The Morgan fingerprint density at radius 1 is 1.50 bits per heavy atom. The van der Waals surface area contributed by atoms with Gasteiger partial charge in [-0.2, -0.15) is 13.2 Å². The van der Waals surface area contributed by atoms with Crippen LogP contribution in [0.5, 0.6) is 0 Å². The van der Waals surface area contributed by atoms with Gasteiger partial charge in [0.2, 0.25) is 5.91 Å². The van der Waals surface area contributed by atoms with Crippen LogP contribution in [0.3, 0.4) is 0 Å². The van der Waals surface area contributed by atoms with Gasteiger partial charge in [0.05, 0.1) is 5.92 Å². The van der Waals surface area contributed by atoms with Crippen LogP contribution in [0.1, 0.15) is 12.8 Å². The summed E-state index contributed by atoms with van der Waals surface area (Å²) in [5.41, 5.74) is 5.29. The first kappa shape index (κ1) is 11.3. The van der Waals surface area contributed by atoms with E-state index < -0.39 is 24.5 Å². The number of halogens is 3. The highest BCUT2D eigenvalue weighted by Gasteiger charge is 2.36. The summed E-state index contributed by atoms with van der Waals surface area (Å²) in [5, 5.41) is 0. The molecule has 1 aliphatic rings. The molecule has 0 unspecified atom stereocenters. The molecule has 14 heavy (non-hydrogen) atoms. The first-order chi connectivity index (χ1) is 6.44. The van der Waals surface area contributed by atoms with E-state index in [1.54, 1.807) is 0 Å². The van der Waals surface area contributed by atoms with Gasteiger partial charge in [-0.05, 0) is 12.8 Å². The Morgan fingerprint density at radius 3 is 2.64 bits per heavy atom. The quantitative estimate of drug-likeness (QED) is 0.730. The molecule has 0 aromatic carbocycles. The number of hydrogen-bond donors (Lipinski definition) is 1. The molecule has 1 aliphatic heterocycles. The van der Waals surface area contributed by atoms with Crippen LogP contribution < -0.4 is 5.73 Å². The van der Waals surface area contributed by atoms with Crippen molar-refractivity contribution in [2.45, 2.75) is 19.0 Å². The van der Waals surface area contributed by atoms with Gasteiger partial charge in [-0.15, -0.1) is 0 Å². The molecule has 6 heteroatoms. The van der Waals surface area contributed by atoms with Crippen molar-refractivity contribution < 1.29 is 18.0 Å². The van der Waals surface area contributed by atoms with Gasteiger partial charge >= 0.3 is 6.18 Å². The number of carbonyl (C=O) groups is 1. The van der Waals surface area contributed by atoms with Crippen molar-refractivity contribution >= 4 is 5.91 Å². The molecule has 0 aromatic rings. The third-order valence-electron chi connectivity index (χ3n) is 2.30. The van der Waals surface area contributed by atoms with Crippen molar-refractivity contribution in [3.63, 3.8) is 0 Å². The summed E-state index contributed by atoms with van der Waals surface area (Å²) in [7, 11) is 0. The van der Waals surface area contributed by atoms with E-state index in [1.807, 2.05) is 0 Å². The summed E-state index contributed by atoms with van der Waals surface area (Å²) in [6.45, 7) is -0.829. The van der Waals surface area contributed by atoms with Gasteiger partial charge in [0.25, 0.3) is 0 Å². The van der Waals surface area contributed by atoms with Crippen LogP contribution in [0.2, 0.25) is 0 Å². The second-order valence-electron chi connectivity index (χ2n) is 3.45. The number of piperidine rings is 1. The number of carbonyl (C=O) groups excluding carboxylic acids is 1. The van der Waals surface area contributed by atoms with Crippen LogP contribution in [0.4, 0.5) is 13.2 Å². The van der Waals surface area contributed by atoms with Crippen LogP contribution in [-0.4, -0.2) is 36.6 Å². The zero-order valence-electron chi connectivity index (χ0n) is 7.68. The van der Waals surface area contributed by atoms with Crippen molar-refractivity contribution in [1.29, 1.82) is 0 Å². The molecule has 0 aliphatic carbocycles. The highest BCUT2D eigenvalue weighted by molar-refractivity contribution is 5.79. The predicted molar refractivity (Wildman–Crippen MR) is 44.4 cm³/mol. The molecule has 3 nitrogen and oxygen atoms in total. The van der Waals surface area contributed by atoms with E-state index in [1.165, 1.54) is 0 Å². The van der Waals surface area contributed by atoms with Crippen molar-refractivity contribution in [2.75, 3.05) is 19.6 Å². The van der Waals surface area contributed by atoms with Gasteiger partial charge in [-0.25, -0.2) is 0 Å². The number of likely N-dealkylation sites (tertiary alicyclic amines) is 1. The molecule has 0 radical (unpaired) electrons. The number of nitrogens with two attached hydrogens (primary N) is 1. The maximum absolute atomic E-state index is 12.0. The monoisotopic (exact) mass is 210 g/mol. The molecule has 82 valence electrons. The topological polar surface area (TPSA) is 46.3 Å². The van der Waals surface area contributed by atoms with Gasteiger partial charge in [-0.3, -0.25) is 4.79 Å². The Labute approximate surface area is 80.0 Å². The molecule has 1 amide bonds. The maximum atomic E-state index is 12.0. The second-order valence-corrected chi connectivity index (χ2v) is 3.45. The van der Waals surface area contributed by atoms with Crippen molar-refractivity contribution in [3.8, 4) is 0 Å². The first-order valence-electron chi connectivity index (χ1n) is 4.49. The fourth-order valence-electron chi connectivity index (χ4n) is 1.61. The highest BCUT2D eigenvalue weighted by Crippen LogP contribution is 2.22. The number of hydrogen-bond acceptors (Lipinski definition) is 2. The fraction of sp³-hybridized carbons (Fsp3) is 0.875. The van der Waals surface area contributed by atoms with Crippen LogP contribution in [0.25, 0.3) is 0 Å². The molecule has 0 bridgehead atoms. The largest absolute Gasteiger partial charge is 0.406 e. The van der Waals surface area contributed by atoms with Gasteiger partial charge in [0, 0.05) is 13.1 Å². The van der Waals surface area contributed by atoms with E-state index in [4.69, 9.17) is 5.73 Å². The maximum Gasteiger partial charge on any atom is 0.406 e. The number of rotatable bonds is 2. The van der Waals surface area contributed by atoms with Gasteiger partial charge in [-0.1, -0.05) is 0 Å². The summed E-state index contributed by atoms with van der Waals surface area (Å²) >= 11 is 0. The van der Waals surface area contributed by atoms with E-state index in [2.05, 4.69) is 0 Å². The lowest BCUT2D eigenvalue weighted by atomic mass is 9.97. The van der Waals surface area contributed by atoms with E-state index >= 15 is 0 Å². The van der Waals surface area contributed by atoms with Crippen LogP contribution >= 0.6 is 0 Å². The lowest BCUT2D eigenvalue weighted by molar-refractivity contribution is -0.166. The van der Waals surface area contributed by atoms with E-state index in [-0.39, 0.29) is 13.1 Å². The molecule has 0 aromatic heterocycles. The summed E-state index contributed by atoms with van der Waals surface area (Å²) in [6, 6.07) is 0. The number of nitrogens with zero attached hydrogens (tertiary/aromatic N) is 1. The van der Waals surface area contributed by atoms with Gasteiger partial charge in [0.1, 0.15) is 6.54 Å². The normalized spacial score (nSPS) is 24.1. The average molecular weight is 210 g/mol. The Bertz CT molecular complexity index is 217. The average Bonchev–Trinajstić information content (AvgIpc) is 2.06. The second kappa shape index (κ2) is 4.16. The molecule has 1 saturated heterocycles. The van der Waals surface area contributed by atoms with Crippen LogP contribution in [0.15, 0.2) is 0 Å². The lowest BCUT2D eigenvalue weighted by Crippen LogP contribution is -2.47. The molecular formula is C8H13F3N2O. The van der Waals surface area contributed by atoms with Gasteiger partial charge < -0.3 is 10.6 Å². The minimum absolute atomic E-state index is 0.132. The summed E-state index contributed by atoms with van der Waals surface area (Å²) < 4.78 is 36.1. The zero-order chi connectivity index (χ0) is 10.8. The smallest absolute Gasteiger partial charge is 0.333 e.